The van der Waals surface area contributed by atoms with Gasteiger partial charge in [0.2, 0.25) is 5.78 Å². The zero-order chi connectivity index (χ0) is 10.3. The highest BCUT2D eigenvalue weighted by Gasteiger charge is 2.55. The van der Waals surface area contributed by atoms with Crippen molar-refractivity contribution in [3.05, 3.63) is 5.53 Å². The van der Waals surface area contributed by atoms with Crippen LogP contribution in [-0.4, -0.2) is 16.8 Å². The van der Waals surface area contributed by atoms with Gasteiger partial charge >= 0.3 is 6.21 Å². The van der Waals surface area contributed by atoms with Crippen molar-refractivity contribution in [3.8, 4) is 0 Å². The minimum Gasteiger partial charge on any atom is -0.361 e. The Balaban J connectivity index is 2.27. The van der Waals surface area contributed by atoms with Crippen molar-refractivity contribution in [2.75, 3.05) is 0 Å². The summed E-state index contributed by atoms with van der Waals surface area (Å²) in [6, 6.07) is 0. The lowest BCUT2D eigenvalue weighted by Crippen LogP contribution is -2.36. The molecule has 3 heteroatoms. The number of Topliss-reactive ketones (excluding diaryl/α,β-unsaturated/α-hetero) is 1. The van der Waals surface area contributed by atoms with E-state index in [0.29, 0.717) is 11.8 Å². The Morgan fingerprint density at radius 1 is 1.50 bits per heavy atom. The lowest BCUT2D eigenvalue weighted by Gasteiger charge is -2.35. The van der Waals surface area contributed by atoms with Gasteiger partial charge in [-0.3, -0.25) is 4.79 Å². The third kappa shape index (κ3) is 1.16. The third-order valence-electron chi connectivity index (χ3n) is 4.29. The summed E-state index contributed by atoms with van der Waals surface area (Å²) in [5.41, 5.74) is 8.48. The van der Waals surface area contributed by atoms with Crippen molar-refractivity contribution in [1.82, 2.24) is 0 Å². The molecule has 3 nitrogen and oxygen atoms in total. The lowest BCUT2D eigenvalue weighted by atomic mass is 9.67. The molecule has 2 aliphatic rings. The van der Waals surface area contributed by atoms with Crippen LogP contribution in [0.1, 0.15) is 33.1 Å². The molecule has 0 heterocycles. The monoisotopic (exact) mass is 192 g/mol. The fourth-order valence-electron chi connectivity index (χ4n) is 3.59. The molecule has 14 heavy (non-hydrogen) atoms. The van der Waals surface area contributed by atoms with Crippen molar-refractivity contribution < 1.29 is 9.58 Å². The van der Waals surface area contributed by atoms with E-state index in [0.717, 1.165) is 6.21 Å². The summed E-state index contributed by atoms with van der Waals surface area (Å²) >= 11 is 0. The van der Waals surface area contributed by atoms with Crippen LogP contribution in [0.3, 0.4) is 0 Å². The van der Waals surface area contributed by atoms with Gasteiger partial charge in [0.05, 0.1) is 0 Å². The van der Waals surface area contributed by atoms with Gasteiger partial charge in [-0.15, -0.1) is 0 Å². The summed E-state index contributed by atoms with van der Waals surface area (Å²) in [4.78, 5) is 14.6. The van der Waals surface area contributed by atoms with Crippen molar-refractivity contribution in [1.29, 1.82) is 0 Å². The van der Waals surface area contributed by atoms with Gasteiger partial charge in [0.1, 0.15) is 0 Å². The van der Waals surface area contributed by atoms with Crippen LogP contribution in [0.15, 0.2) is 0 Å². The first kappa shape index (κ1) is 9.60. The molecule has 0 radical (unpaired) electrons. The smallest absolute Gasteiger partial charge is 0.323 e. The first-order valence-corrected chi connectivity index (χ1v) is 5.28. The Kier molecular flexibility index (Phi) is 2.07. The zero-order valence-corrected chi connectivity index (χ0v) is 8.73. The summed E-state index contributed by atoms with van der Waals surface area (Å²) in [7, 11) is 0. The number of carbonyl (C=O) groups excluding carboxylic acids is 1. The van der Waals surface area contributed by atoms with Crippen molar-refractivity contribution in [2.24, 2.45) is 23.2 Å². The highest BCUT2D eigenvalue weighted by atomic mass is 16.1. The summed E-state index contributed by atoms with van der Waals surface area (Å²) in [5, 5.41) is 0. The van der Waals surface area contributed by atoms with E-state index >= 15 is 0 Å². The van der Waals surface area contributed by atoms with E-state index in [1.54, 1.807) is 0 Å². The number of hydrogen-bond donors (Lipinski definition) is 0. The van der Waals surface area contributed by atoms with Gasteiger partial charge in [-0.2, -0.15) is 4.79 Å². The molecule has 0 aromatic rings. The minimum absolute atomic E-state index is 0.00435. The van der Waals surface area contributed by atoms with Crippen LogP contribution >= 0.6 is 0 Å². The van der Waals surface area contributed by atoms with Gasteiger partial charge in [-0.25, -0.2) is 0 Å². The molecule has 0 unspecified atom stereocenters. The Morgan fingerprint density at radius 2 is 2.21 bits per heavy atom. The number of rotatable bonds is 2. The number of fused-ring (bicyclic) bond motifs is 2. The predicted molar refractivity (Wildman–Crippen MR) is 52.8 cm³/mol. The molecule has 2 saturated carbocycles. The summed E-state index contributed by atoms with van der Waals surface area (Å²) in [6.07, 6.45) is 4.69. The second-order valence-electron chi connectivity index (χ2n) is 5.22. The van der Waals surface area contributed by atoms with E-state index in [4.69, 9.17) is 5.53 Å². The highest BCUT2D eigenvalue weighted by Crippen LogP contribution is 2.59. The maximum atomic E-state index is 11.7. The number of hydrogen-bond acceptors (Lipinski definition) is 1. The van der Waals surface area contributed by atoms with Gasteiger partial charge in [0.25, 0.3) is 0 Å². The van der Waals surface area contributed by atoms with Crippen LogP contribution in [-0.2, 0) is 4.79 Å². The molecular weight excluding hydrogens is 176 g/mol. The summed E-state index contributed by atoms with van der Waals surface area (Å²) < 4.78 is 0. The molecular formula is C11H16N2O. The maximum Gasteiger partial charge on any atom is 0.323 e. The second kappa shape index (κ2) is 3.03. The van der Waals surface area contributed by atoms with E-state index in [2.05, 4.69) is 18.6 Å². The van der Waals surface area contributed by atoms with Gasteiger partial charge in [-0.05, 0) is 36.5 Å². The largest absolute Gasteiger partial charge is 0.361 e. The Morgan fingerprint density at radius 3 is 2.71 bits per heavy atom. The molecule has 2 rings (SSSR count). The fraction of sp³-hybridized carbons (Fsp3) is 0.818. The topological polar surface area (TPSA) is 53.5 Å². The number of ketones is 1. The van der Waals surface area contributed by atoms with Crippen molar-refractivity contribution in [2.45, 2.75) is 33.1 Å². The average Bonchev–Trinajstić information content (AvgIpc) is 2.61. The zero-order valence-electron chi connectivity index (χ0n) is 8.73. The molecule has 0 amide bonds. The van der Waals surface area contributed by atoms with Crippen molar-refractivity contribution >= 4 is 12.0 Å². The molecule has 3 atom stereocenters. The molecule has 2 fully saturated rings. The molecule has 76 valence electrons. The molecule has 0 aromatic heterocycles. The van der Waals surface area contributed by atoms with Crippen molar-refractivity contribution in [3.63, 3.8) is 0 Å². The van der Waals surface area contributed by atoms with Crippen LogP contribution in [0, 0.1) is 23.2 Å². The van der Waals surface area contributed by atoms with Gasteiger partial charge in [-0.1, -0.05) is 13.8 Å². The van der Waals surface area contributed by atoms with Gasteiger partial charge < -0.3 is 5.53 Å². The summed E-state index contributed by atoms with van der Waals surface area (Å²) in [5.74, 6) is 1.30. The Bertz CT molecular complexity index is 315. The third-order valence-corrected chi connectivity index (χ3v) is 4.29. The SMILES string of the molecule is CC1(C)[C@@H]2CC[C@@H](C2)[C@@H]1C(=O)C=[N+]=[N-]. The molecule has 0 spiro atoms. The molecule has 0 saturated heterocycles. The van der Waals surface area contributed by atoms with Crippen LogP contribution in [0.5, 0.6) is 0 Å². The Hall–Kier alpha value is -0.950. The van der Waals surface area contributed by atoms with E-state index < -0.39 is 0 Å². The van der Waals surface area contributed by atoms with E-state index in [-0.39, 0.29) is 17.1 Å². The standard InChI is InChI=1S/C11H16N2O/c1-11(2)8-4-3-7(5-8)10(11)9(14)6-13-12/h6-8,10H,3-5H2,1-2H3/t7-,8+,10+/m0/s1. The first-order valence-electron chi connectivity index (χ1n) is 5.28. The Labute approximate surface area is 84.1 Å². The van der Waals surface area contributed by atoms with Crippen LogP contribution in [0.25, 0.3) is 5.53 Å². The lowest BCUT2D eigenvalue weighted by molar-refractivity contribution is -0.125. The molecule has 2 aliphatic carbocycles. The molecule has 0 aromatic carbocycles. The van der Waals surface area contributed by atoms with Crippen LogP contribution in [0.2, 0.25) is 0 Å². The van der Waals surface area contributed by atoms with Crippen LogP contribution in [0.4, 0.5) is 0 Å². The van der Waals surface area contributed by atoms with Gasteiger partial charge in [0.15, 0.2) is 0 Å². The maximum absolute atomic E-state index is 11.7. The summed E-state index contributed by atoms with van der Waals surface area (Å²) in [6.45, 7) is 4.34. The number of carbonyl (C=O) groups is 1. The molecule has 2 bridgehead atoms. The number of nitrogens with zero attached hydrogens (tertiary/aromatic N) is 2. The average molecular weight is 192 g/mol. The van der Waals surface area contributed by atoms with Gasteiger partial charge in [0, 0.05) is 5.92 Å². The second-order valence-corrected chi connectivity index (χ2v) is 5.22. The van der Waals surface area contributed by atoms with Crippen LogP contribution < -0.4 is 0 Å². The van der Waals surface area contributed by atoms with E-state index in [1.807, 2.05) is 0 Å². The predicted octanol–water partition coefficient (Wildman–Crippen LogP) is 1.93. The minimum atomic E-state index is 0.00435. The molecule has 0 N–H and O–H groups in total. The van der Waals surface area contributed by atoms with E-state index in [9.17, 15) is 4.79 Å². The fourth-order valence-corrected chi connectivity index (χ4v) is 3.59. The quantitative estimate of drug-likeness (QED) is 0.374. The molecule has 0 aliphatic heterocycles. The normalized spacial score (nSPS) is 38.0. The highest BCUT2D eigenvalue weighted by molar-refractivity contribution is 6.26. The van der Waals surface area contributed by atoms with E-state index in [1.165, 1.54) is 19.3 Å². The first-order chi connectivity index (χ1) is 6.57.